The van der Waals surface area contributed by atoms with Crippen LogP contribution in [-0.4, -0.2) is 23.7 Å². The van der Waals surface area contributed by atoms with Crippen molar-refractivity contribution in [2.75, 3.05) is 19.0 Å². The lowest BCUT2D eigenvalue weighted by Gasteiger charge is -2.12. The van der Waals surface area contributed by atoms with Crippen LogP contribution in [0.5, 0.6) is 11.5 Å². The van der Waals surface area contributed by atoms with E-state index in [-0.39, 0.29) is 0 Å². The summed E-state index contributed by atoms with van der Waals surface area (Å²) in [5, 5.41) is 3.23. The Morgan fingerprint density at radius 1 is 1.05 bits per heavy atom. The number of rotatable bonds is 6. The highest BCUT2D eigenvalue weighted by molar-refractivity contribution is 5.44. The minimum Gasteiger partial charge on any atom is -0.493 e. The summed E-state index contributed by atoms with van der Waals surface area (Å²) >= 11 is 0. The molecule has 1 N–H and O–H groups in total. The van der Waals surface area contributed by atoms with Crippen molar-refractivity contribution in [1.29, 1.82) is 0 Å². The van der Waals surface area contributed by atoms with E-state index in [4.69, 9.17) is 9.47 Å². The van der Waals surface area contributed by atoms with Gasteiger partial charge in [-0.05, 0) is 44.5 Å². The van der Waals surface area contributed by atoms with Gasteiger partial charge in [0.25, 0.3) is 0 Å². The summed E-state index contributed by atoms with van der Waals surface area (Å²) in [4.78, 5) is 8.72. The van der Waals surface area contributed by atoms with Crippen molar-refractivity contribution in [3.8, 4) is 11.5 Å². The molecule has 0 amide bonds. The molecule has 1 aromatic carbocycles. The summed E-state index contributed by atoms with van der Waals surface area (Å²) in [5.41, 5.74) is 2.99. The van der Waals surface area contributed by atoms with Crippen LogP contribution in [-0.2, 0) is 6.54 Å². The zero-order valence-electron chi connectivity index (χ0n) is 12.9. The van der Waals surface area contributed by atoms with Crippen molar-refractivity contribution < 1.29 is 9.47 Å². The monoisotopic (exact) mass is 287 g/mol. The molecule has 0 spiro atoms. The van der Waals surface area contributed by atoms with Gasteiger partial charge in [-0.3, -0.25) is 0 Å². The van der Waals surface area contributed by atoms with E-state index in [9.17, 15) is 0 Å². The van der Waals surface area contributed by atoms with Crippen LogP contribution in [0.25, 0.3) is 0 Å². The molecular formula is C16H21N3O2. The molecular weight excluding hydrogens is 266 g/mol. The van der Waals surface area contributed by atoms with Gasteiger partial charge < -0.3 is 14.8 Å². The number of hydrogen-bond donors (Lipinski definition) is 1. The number of methoxy groups -OCH3 is 1. The van der Waals surface area contributed by atoms with Crippen molar-refractivity contribution in [3.05, 3.63) is 41.2 Å². The van der Waals surface area contributed by atoms with Crippen LogP contribution in [0, 0.1) is 13.8 Å². The number of hydrogen-bond acceptors (Lipinski definition) is 5. The number of nitrogens with one attached hydrogen (secondary N) is 1. The fourth-order valence-corrected chi connectivity index (χ4v) is 2.08. The van der Waals surface area contributed by atoms with Gasteiger partial charge in [0.1, 0.15) is 0 Å². The number of aryl methyl sites for hydroxylation is 2. The Hall–Kier alpha value is -2.30. The predicted molar refractivity (Wildman–Crippen MR) is 83.0 cm³/mol. The topological polar surface area (TPSA) is 56.3 Å². The summed E-state index contributed by atoms with van der Waals surface area (Å²) < 4.78 is 10.9. The fraction of sp³-hybridized carbons (Fsp3) is 0.375. The van der Waals surface area contributed by atoms with Crippen LogP contribution in [0.1, 0.15) is 23.9 Å². The number of ether oxygens (including phenoxy) is 2. The van der Waals surface area contributed by atoms with E-state index in [0.29, 0.717) is 19.1 Å². The molecule has 1 aromatic heterocycles. The molecule has 0 aliphatic rings. The minimum atomic E-state index is 0.615. The second kappa shape index (κ2) is 6.92. The Morgan fingerprint density at radius 2 is 1.76 bits per heavy atom. The molecule has 2 rings (SSSR count). The van der Waals surface area contributed by atoms with Gasteiger partial charge in [0.05, 0.1) is 13.7 Å². The average Bonchev–Trinajstić information content (AvgIpc) is 2.45. The van der Waals surface area contributed by atoms with Crippen molar-refractivity contribution in [1.82, 2.24) is 9.97 Å². The first-order valence-corrected chi connectivity index (χ1v) is 6.98. The molecule has 21 heavy (non-hydrogen) atoms. The van der Waals surface area contributed by atoms with Gasteiger partial charge in [-0.1, -0.05) is 6.07 Å². The Kier molecular flexibility index (Phi) is 4.98. The molecule has 112 valence electrons. The molecule has 0 fully saturated rings. The standard InChI is InChI=1S/C16H21N3O2/c1-5-21-14-7-6-13(9-15(14)20-4)10-17-16-18-11(2)8-12(3)19-16/h6-9H,5,10H2,1-4H3,(H,17,18,19). The van der Waals surface area contributed by atoms with Gasteiger partial charge in [-0.25, -0.2) is 9.97 Å². The van der Waals surface area contributed by atoms with Crippen LogP contribution in [0.4, 0.5) is 5.95 Å². The number of benzene rings is 1. The van der Waals surface area contributed by atoms with Crippen LogP contribution in [0.2, 0.25) is 0 Å². The van der Waals surface area contributed by atoms with E-state index in [1.54, 1.807) is 7.11 Å². The molecule has 0 atom stereocenters. The SMILES string of the molecule is CCOc1ccc(CNc2nc(C)cc(C)n2)cc1OC. The van der Waals surface area contributed by atoms with Crippen LogP contribution in [0.15, 0.2) is 24.3 Å². The molecule has 1 heterocycles. The van der Waals surface area contributed by atoms with E-state index in [0.717, 1.165) is 28.5 Å². The second-order valence-corrected chi connectivity index (χ2v) is 4.75. The summed E-state index contributed by atoms with van der Waals surface area (Å²) in [6.45, 7) is 7.11. The summed E-state index contributed by atoms with van der Waals surface area (Å²) in [6.07, 6.45) is 0. The molecule has 0 aliphatic carbocycles. The van der Waals surface area contributed by atoms with Gasteiger partial charge in [0.2, 0.25) is 5.95 Å². The van der Waals surface area contributed by atoms with E-state index in [2.05, 4.69) is 15.3 Å². The molecule has 0 radical (unpaired) electrons. The Morgan fingerprint density at radius 3 is 2.38 bits per heavy atom. The highest BCUT2D eigenvalue weighted by Crippen LogP contribution is 2.28. The van der Waals surface area contributed by atoms with Gasteiger partial charge in [-0.2, -0.15) is 0 Å². The third kappa shape index (κ3) is 4.08. The van der Waals surface area contributed by atoms with E-state index in [1.165, 1.54) is 0 Å². The highest BCUT2D eigenvalue weighted by atomic mass is 16.5. The van der Waals surface area contributed by atoms with Crippen molar-refractivity contribution >= 4 is 5.95 Å². The third-order valence-corrected chi connectivity index (χ3v) is 2.96. The maximum Gasteiger partial charge on any atom is 0.223 e. The molecule has 0 saturated carbocycles. The van der Waals surface area contributed by atoms with E-state index in [1.807, 2.05) is 45.0 Å². The fourth-order valence-electron chi connectivity index (χ4n) is 2.08. The van der Waals surface area contributed by atoms with Crippen molar-refractivity contribution in [2.45, 2.75) is 27.3 Å². The first kappa shape index (κ1) is 15.1. The third-order valence-electron chi connectivity index (χ3n) is 2.96. The Balaban J connectivity index is 2.09. The zero-order valence-corrected chi connectivity index (χ0v) is 12.9. The second-order valence-electron chi connectivity index (χ2n) is 4.75. The molecule has 5 nitrogen and oxygen atoms in total. The molecule has 0 unspecified atom stereocenters. The average molecular weight is 287 g/mol. The smallest absolute Gasteiger partial charge is 0.223 e. The van der Waals surface area contributed by atoms with Crippen molar-refractivity contribution in [3.63, 3.8) is 0 Å². The van der Waals surface area contributed by atoms with Crippen LogP contribution in [0.3, 0.4) is 0 Å². The van der Waals surface area contributed by atoms with Gasteiger partial charge >= 0.3 is 0 Å². The molecule has 0 bridgehead atoms. The first-order chi connectivity index (χ1) is 10.1. The first-order valence-electron chi connectivity index (χ1n) is 6.98. The van der Waals surface area contributed by atoms with Crippen LogP contribution < -0.4 is 14.8 Å². The van der Waals surface area contributed by atoms with E-state index < -0.39 is 0 Å². The lowest BCUT2D eigenvalue weighted by atomic mass is 10.2. The van der Waals surface area contributed by atoms with E-state index >= 15 is 0 Å². The molecule has 0 aliphatic heterocycles. The van der Waals surface area contributed by atoms with Crippen molar-refractivity contribution in [2.24, 2.45) is 0 Å². The summed E-state index contributed by atoms with van der Waals surface area (Å²) in [6, 6.07) is 7.83. The van der Waals surface area contributed by atoms with Gasteiger partial charge in [0, 0.05) is 17.9 Å². The predicted octanol–water partition coefficient (Wildman–Crippen LogP) is 3.11. The summed E-state index contributed by atoms with van der Waals surface area (Å²) in [7, 11) is 1.64. The van der Waals surface area contributed by atoms with Gasteiger partial charge in [-0.15, -0.1) is 0 Å². The Bertz CT molecular complexity index is 594. The minimum absolute atomic E-state index is 0.615. The Labute approximate surface area is 125 Å². The number of aromatic nitrogens is 2. The highest BCUT2D eigenvalue weighted by Gasteiger charge is 2.06. The van der Waals surface area contributed by atoms with Gasteiger partial charge in [0.15, 0.2) is 11.5 Å². The zero-order chi connectivity index (χ0) is 15.2. The molecule has 5 heteroatoms. The lowest BCUT2D eigenvalue weighted by Crippen LogP contribution is -2.05. The normalized spacial score (nSPS) is 10.3. The quantitative estimate of drug-likeness (QED) is 0.884. The maximum absolute atomic E-state index is 5.51. The molecule has 2 aromatic rings. The largest absolute Gasteiger partial charge is 0.493 e. The number of anilines is 1. The lowest BCUT2D eigenvalue weighted by molar-refractivity contribution is 0.310. The summed E-state index contributed by atoms with van der Waals surface area (Å²) in [5.74, 6) is 2.13. The van der Waals surface area contributed by atoms with Crippen LogP contribution >= 0.6 is 0 Å². The molecule has 0 saturated heterocycles. The maximum atomic E-state index is 5.51. The number of nitrogens with zero attached hydrogens (tertiary/aromatic N) is 2.